The van der Waals surface area contributed by atoms with Crippen LogP contribution in [-0.4, -0.2) is 39.1 Å². The molecule has 2 aromatic carbocycles. The van der Waals surface area contributed by atoms with Crippen molar-refractivity contribution in [2.75, 3.05) is 37.9 Å². The van der Waals surface area contributed by atoms with Crippen LogP contribution in [0.4, 0.5) is 11.4 Å². The Kier molecular flexibility index (Phi) is 7.17. The summed E-state index contributed by atoms with van der Waals surface area (Å²) in [5, 5.41) is 5.66. The molecule has 0 spiro atoms. The summed E-state index contributed by atoms with van der Waals surface area (Å²) in [5.41, 5.74) is 2.51. The molecule has 2 rings (SSSR count). The SMILES string of the molecule is COc1ccc(NC(=O)C[NH+](C)CC(=O)Nc2ccc(C)cc2Br)cc1. The van der Waals surface area contributed by atoms with E-state index in [9.17, 15) is 9.59 Å². The number of quaternary nitrogens is 1. The number of halogens is 1. The minimum absolute atomic E-state index is 0.149. The maximum atomic E-state index is 12.2. The van der Waals surface area contributed by atoms with E-state index in [1.165, 1.54) is 0 Å². The standard InChI is InChI=1S/C19H22BrN3O3/c1-13-4-9-17(16(20)10-13)22-19(25)12-23(2)11-18(24)21-14-5-7-15(26-3)8-6-14/h4-10H,11-12H2,1-3H3,(H,21,24)(H,22,25)/p+1. The number of aryl methyl sites for hydroxylation is 1. The fourth-order valence-electron chi connectivity index (χ4n) is 2.41. The number of likely N-dealkylation sites (N-methyl/N-ethyl adjacent to an activating group) is 1. The number of hydrogen-bond acceptors (Lipinski definition) is 3. The summed E-state index contributed by atoms with van der Waals surface area (Å²) < 4.78 is 5.92. The lowest BCUT2D eigenvalue weighted by Gasteiger charge is -2.14. The van der Waals surface area contributed by atoms with Crippen LogP contribution in [-0.2, 0) is 9.59 Å². The molecule has 1 unspecified atom stereocenters. The molecule has 0 aromatic heterocycles. The van der Waals surface area contributed by atoms with Crippen molar-refractivity contribution in [3.63, 3.8) is 0 Å². The van der Waals surface area contributed by atoms with E-state index in [2.05, 4.69) is 26.6 Å². The van der Waals surface area contributed by atoms with Gasteiger partial charge in [-0.2, -0.15) is 0 Å². The first kappa shape index (κ1) is 19.9. The van der Waals surface area contributed by atoms with Gasteiger partial charge in [-0.05, 0) is 64.8 Å². The van der Waals surface area contributed by atoms with Gasteiger partial charge < -0.3 is 20.3 Å². The first-order valence-corrected chi connectivity index (χ1v) is 8.98. The average molecular weight is 421 g/mol. The van der Waals surface area contributed by atoms with Crippen molar-refractivity contribution in [2.45, 2.75) is 6.92 Å². The number of carbonyl (C=O) groups excluding carboxylic acids is 2. The molecule has 2 aromatic rings. The van der Waals surface area contributed by atoms with Crippen LogP contribution in [0.2, 0.25) is 0 Å². The lowest BCUT2D eigenvalue weighted by molar-refractivity contribution is -0.862. The quantitative estimate of drug-likeness (QED) is 0.639. The highest BCUT2D eigenvalue weighted by molar-refractivity contribution is 9.10. The van der Waals surface area contributed by atoms with Gasteiger partial charge in [-0.15, -0.1) is 0 Å². The number of rotatable bonds is 7. The largest absolute Gasteiger partial charge is 0.497 e. The van der Waals surface area contributed by atoms with Gasteiger partial charge in [0.05, 0.1) is 19.8 Å². The summed E-state index contributed by atoms with van der Waals surface area (Å²) in [6, 6.07) is 12.8. The van der Waals surface area contributed by atoms with Gasteiger partial charge in [0.25, 0.3) is 11.8 Å². The van der Waals surface area contributed by atoms with Crippen LogP contribution in [0.25, 0.3) is 0 Å². The molecule has 7 heteroatoms. The van der Waals surface area contributed by atoms with Crippen molar-refractivity contribution < 1.29 is 19.2 Å². The van der Waals surface area contributed by atoms with E-state index in [-0.39, 0.29) is 24.9 Å². The van der Waals surface area contributed by atoms with Crippen molar-refractivity contribution >= 4 is 39.1 Å². The second-order valence-corrected chi connectivity index (χ2v) is 6.97. The smallest absolute Gasteiger partial charge is 0.279 e. The van der Waals surface area contributed by atoms with Crippen molar-refractivity contribution in [3.8, 4) is 5.75 Å². The number of benzene rings is 2. The van der Waals surface area contributed by atoms with Crippen molar-refractivity contribution in [3.05, 3.63) is 52.5 Å². The summed E-state index contributed by atoms with van der Waals surface area (Å²) in [6.07, 6.45) is 0. The van der Waals surface area contributed by atoms with E-state index >= 15 is 0 Å². The Hall–Kier alpha value is -2.38. The highest BCUT2D eigenvalue weighted by Crippen LogP contribution is 2.23. The monoisotopic (exact) mass is 420 g/mol. The van der Waals surface area contributed by atoms with Crippen molar-refractivity contribution in [1.29, 1.82) is 0 Å². The average Bonchev–Trinajstić information content (AvgIpc) is 2.57. The predicted molar refractivity (Wildman–Crippen MR) is 106 cm³/mol. The minimum Gasteiger partial charge on any atom is -0.497 e. The van der Waals surface area contributed by atoms with Crippen LogP contribution < -0.4 is 20.3 Å². The lowest BCUT2D eigenvalue weighted by atomic mass is 10.2. The Morgan fingerprint density at radius 3 is 2.23 bits per heavy atom. The zero-order chi connectivity index (χ0) is 19.1. The van der Waals surface area contributed by atoms with Gasteiger partial charge in [0.2, 0.25) is 0 Å². The van der Waals surface area contributed by atoms with Crippen LogP contribution in [0.15, 0.2) is 46.9 Å². The van der Waals surface area contributed by atoms with Crippen LogP contribution in [0.5, 0.6) is 5.75 Å². The summed E-state index contributed by atoms with van der Waals surface area (Å²) in [4.78, 5) is 25.1. The molecule has 1 atom stereocenters. The number of hydrogen-bond donors (Lipinski definition) is 3. The molecule has 6 nitrogen and oxygen atoms in total. The van der Waals surface area contributed by atoms with Gasteiger partial charge in [-0.25, -0.2) is 0 Å². The molecule has 0 bridgehead atoms. The molecule has 0 radical (unpaired) electrons. The van der Waals surface area contributed by atoms with Crippen LogP contribution >= 0.6 is 15.9 Å². The third kappa shape index (κ3) is 6.16. The molecule has 0 aliphatic rings. The highest BCUT2D eigenvalue weighted by Gasteiger charge is 2.15. The van der Waals surface area contributed by atoms with Gasteiger partial charge >= 0.3 is 0 Å². The van der Waals surface area contributed by atoms with Gasteiger partial charge in [-0.3, -0.25) is 9.59 Å². The molecule has 0 saturated heterocycles. The zero-order valence-corrected chi connectivity index (χ0v) is 16.6. The molecule has 26 heavy (non-hydrogen) atoms. The number of amides is 2. The molecular formula is C19H23BrN3O3+. The van der Waals surface area contributed by atoms with E-state index in [4.69, 9.17) is 4.74 Å². The zero-order valence-electron chi connectivity index (χ0n) is 15.1. The number of ether oxygens (including phenoxy) is 1. The summed E-state index contributed by atoms with van der Waals surface area (Å²) in [5.74, 6) is 0.422. The van der Waals surface area contributed by atoms with E-state index in [0.717, 1.165) is 26.4 Å². The number of carbonyl (C=O) groups is 2. The van der Waals surface area contributed by atoms with Gasteiger partial charge in [-0.1, -0.05) is 6.07 Å². The lowest BCUT2D eigenvalue weighted by Crippen LogP contribution is -3.11. The normalized spacial score (nSPS) is 11.5. The maximum absolute atomic E-state index is 12.2. The minimum atomic E-state index is -0.156. The third-order valence-electron chi connectivity index (χ3n) is 3.70. The second kappa shape index (κ2) is 9.35. The summed E-state index contributed by atoms with van der Waals surface area (Å²) in [7, 11) is 3.39. The molecule has 2 amide bonds. The Bertz CT molecular complexity index is 778. The number of methoxy groups -OCH3 is 1. The molecular weight excluding hydrogens is 398 g/mol. The first-order valence-electron chi connectivity index (χ1n) is 8.18. The molecule has 138 valence electrons. The Balaban J connectivity index is 1.81. The predicted octanol–water partition coefficient (Wildman–Crippen LogP) is 1.86. The summed E-state index contributed by atoms with van der Waals surface area (Å²) in [6.45, 7) is 2.36. The van der Waals surface area contributed by atoms with Crippen LogP contribution in [0.1, 0.15) is 5.56 Å². The Morgan fingerprint density at radius 1 is 1.04 bits per heavy atom. The second-order valence-electron chi connectivity index (χ2n) is 6.12. The van der Waals surface area contributed by atoms with Crippen LogP contribution in [0, 0.1) is 6.92 Å². The number of anilines is 2. The van der Waals surface area contributed by atoms with Crippen LogP contribution in [0.3, 0.4) is 0 Å². The maximum Gasteiger partial charge on any atom is 0.279 e. The summed E-state index contributed by atoms with van der Waals surface area (Å²) >= 11 is 3.43. The van der Waals surface area contributed by atoms with E-state index in [1.807, 2.05) is 25.1 Å². The third-order valence-corrected chi connectivity index (χ3v) is 4.35. The van der Waals surface area contributed by atoms with Crippen molar-refractivity contribution in [1.82, 2.24) is 0 Å². The molecule has 0 aliphatic carbocycles. The molecule has 0 saturated carbocycles. The van der Waals surface area contributed by atoms with E-state index < -0.39 is 0 Å². The highest BCUT2D eigenvalue weighted by atomic mass is 79.9. The van der Waals surface area contributed by atoms with E-state index in [1.54, 1.807) is 38.4 Å². The Morgan fingerprint density at radius 2 is 1.65 bits per heavy atom. The number of nitrogens with one attached hydrogen (secondary N) is 3. The molecule has 0 fully saturated rings. The van der Waals surface area contributed by atoms with Gasteiger partial charge in [0.1, 0.15) is 5.75 Å². The fraction of sp³-hybridized carbons (Fsp3) is 0.263. The topological polar surface area (TPSA) is 71.9 Å². The molecule has 0 aliphatic heterocycles. The Labute approximate surface area is 161 Å². The first-order chi connectivity index (χ1) is 12.4. The van der Waals surface area contributed by atoms with Crippen molar-refractivity contribution in [2.24, 2.45) is 0 Å². The van der Waals surface area contributed by atoms with Gasteiger partial charge in [0, 0.05) is 10.2 Å². The van der Waals surface area contributed by atoms with E-state index in [0.29, 0.717) is 5.69 Å². The fourth-order valence-corrected chi connectivity index (χ4v) is 3.00. The molecule has 0 heterocycles. The van der Waals surface area contributed by atoms with Gasteiger partial charge in [0.15, 0.2) is 13.1 Å². The molecule has 3 N–H and O–H groups in total.